The molecule has 6 heteroatoms. The van der Waals surface area contributed by atoms with E-state index in [0.29, 0.717) is 36.3 Å². The second-order valence-corrected chi connectivity index (χ2v) is 5.99. The van der Waals surface area contributed by atoms with Crippen LogP contribution in [0.5, 0.6) is 0 Å². The molecule has 134 valence electrons. The minimum absolute atomic E-state index is 0.194. The number of esters is 1. The standard InChI is InChI=1S/C19H23NO5/c1-2-3-12-25-19(24)13-8-10-14(11-9-13)20-17(21)15-6-4-5-7-16(15)18(22)23/h8-11H,2-7,12H2,1H3,(H,20,21)(H,22,23). The molecular weight excluding hydrogens is 322 g/mol. The third-order valence-electron chi connectivity index (χ3n) is 4.11. The Hall–Kier alpha value is -2.63. The maximum Gasteiger partial charge on any atom is 0.338 e. The number of carboxylic acid groups (broad SMARTS) is 1. The summed E-state index contributed by atoms with van der Waals surface area (Å²) in [5.74, 6) is -1.82. The zero-order valence-corrected chi connectivity index (χ0v) is 14.3. The Morgan fingerprint density at radius 1 is 1.08 bits per heavy atom. The van der Waals surface area contributed by atoms with E-state index in [-0.39, 0.29) is 5.57 Å². The molecule has 1 aliphatic rings. The van der Waals surface area contributed by atoms with Gasteiger partial charge in [-0.25, -0.2) is 9.59 Å². The molecule has 1 amide bonds. The first kappa shape index (κ1) is 18.7. The van der Waals surface area contributed by atoms with Gasteiger partial charge in [-0.3, -0.25) is 4.79 Å². The molecule has 0 bridgehead atoms. The monoisotopic (exact) mass is 345 g/mol. The number of amides is 1. The molecule has 0 heterocycles. The van der Waals surface area contributed by atoms with E-state index in [1.165, 1.54) is 0 Å². The molecule has 0 aliphatic heterocycles. The third kappa shape index (κ3) is 5.17. The van der Waals surface area contributed by atoms with Crippen molar-refractivity contribution in [3.8, 4) is 0 Å². The molecule has 0 unspecified atom stereocenters. The highest BCUT2D eigenvalue weighted by Gasteiger charge is 2.23. The van der Waals surface area contributed by atoms with Crippen LogP contribution in [0, 0.1) is 0 Å². The summed E-state index contributed by atoms with van der Waals surface area (Å²) in [6.07, 6.45) is 4.25. The van der Waals surface area contributed by atoms with Gasteiger partial charge in [-0.1, -0.05) is 13.3 Å². The number of unbranched alkanes of at least 4 members (excludes halogenated alkanes) is 1. The largest absolute Gasteiger partial charge is 0.478 e. The van der Waals surface area contributed by atoms with Gasteiger partial charge in [-0.05, 0) is 56.4 Å². The van der Waals surface area contributed by atoms with Crippen molar-refractivity contribution in [3.63, 3.8) is 0 Å². The molecule has 0 atom stereocenters. The van der Waals surface area contributed by atoms with Crippen LogP contribution < -0.4 is 5.32 Å². The van der Waals surface area contributed by atoms with Gasteiger partial charge in [0.1, 0.15) is 0 Å². The Morgan fingerprint density at radius 3 is 2.32 bits per heavy atom. The summed E-state index contributed by atoms with van der Waals surface area (Å²) in [5.41, 5.74) is 1.46. The second kappa shape index (κ2) is 9.01. The van der Waals surface area contributed by atoms with Crippen molar-refractivity contribution >= 4 is 23.5 Å². The lowest BCUT2D eigenvalue weighted by Crippen LogP contribution is -2.21. The quantitative estimate of drug-likeness (QED) is 0.582. The van der Waals surface area contributed by atoms with Crippen LogP contribution in [0.2, 0.25) is 0 Å². The number of ether oxygens (including phenoxy) is 1. The van der Waals surface area contributed by atoms with E-state index in [4.69, 9.17) is 4.74 Å². The summed E-state index contributed by atoms with van der Waals surface area (Å²) in [7, 11) is 0. The number of carboxylic acids is 1. The summed E-state index contributed by atoms with van der Waals surface area (Å²) in [5, 5.41) is 11.9. The van der Waals surface area contributed by atoms with Crippen LogP contribution in [0.3, 0.4) is 0 Å². The average Bonchev–Trinajstić information content (AvgIpc) is 2.62. The van der Waals surface area contributed by atoms with Crippen LogP contribution in [0.25, 0.3) is 0 Å². The van der Waals surface area contributed by atoms with Gasteiger partial charge < -0.3 is 15.2 Å². The number of aliphatic carboxylic acids is 1. The summed E-state index contributed by atoms with van der Waals surface area (Å²) in [4.78, 5) is 35.4. The van der Waals surface area contributed by atoms with Crippen LogP contribution in [0.4, 0.5) is 5.69 Å². The van der Waals surface area contributed by atoms with Gasteiger partial charge in [0.25, 0.3) is 5.91 Å². The van der Waals surface area contributed by atoms with Crippen molar-refractivity contribution in [1.82, 2.24) is 0 Å². The van der Waals surface area contributed by atoms with Crippen molar-refractivity contribution in [2.75, 3.05) is 11.9 Å². The fourth-order valence-corrected chi connectivity index (χ4v) is 2.68. The Balaban J connectivity index is 2.02. The maximum absolute atomic E-state index is 12.4. The molecule has 2 rings (SSSR count). The van der Waals surface area contributed by atoms with E-state index in [0.717, 1.165) is 25.7 Å². The van der Waals surface area contributed by atoms with Crippen LogP contribution in [0.15, 0.2) is 35.4 Å². The Labute approximate surface area is 146 Å². The smallest absolute Gasteiger partial charge is 0.338 e. The highest BCUT2D eigenvalue weighted by molar-refractivity contribution is 6.09. The normalized spacial score (nSPS) is 14.1. The number of hydrogen-bond acceptors (Lipinski definition) is 4. The highest BCUT2D eigenvalue weighted by Crippen LogP contribution is 2.26. The van der Waals surface area contributed by atoms with Gasteiger partial charge in [0, 0.05) is 16.8 Å². The minimum atomic E-state index is -1.03. The number of nitrogens with one attached hydrogen (secondary N) is 1. The molecule has 0 saturated carbocycles. The first-order valence-electron chi connectivity index (χ1n) is 8.56. The summed E-state index contributed by atoms with van der Waals surface area (Å²) in [6, 6.07) is 6.38. The molecule has 0 radical (unpaired) electrons. The first-order chi connectivity index (χ1) is 12.0. The fourth-order valence-electron chi connectivity index (χ4n) is 2.68. The van der Waals surface area contributed by atoms with E-state index in [2.05, 4.69) is 5.32 Å². The van der Waals surface area contributed by atoms with E-state index in [9.17, 15) is 19.5 Å². The van der Waals surface area contributed by atoms with E-state index >= 15 is 0 Å². The summed E-state index contributed by atoms with van der Waals surface area (Å²) in [6.45, 7) is 2.41. The minimum Gasteiger partial charge on any atom is -0.478 e. The topological polar surface area (TPSA) is 92.7 Å². The summed E-state index contributed by atoms with van der Waals surface area (Å²) < 4.78 is 5.13. The van der Waals surface area contributed by atoms with Gasteiger partial charge in [-0.2, -0.15) is 0 Å². The predicted molar refractivity (Wildman–Crippen MR) is 93.4 cm³/mol. The van der Waals surface area contributed by atoms with Crippen LogP contribution in [-0.4, -0.2) is 29.6 Å². The van der Waals surface area contributed by atoms with Crippen LogP contribution >= 0.6 is 0 Å². The molecule has 1 aliphatic carbocycles. The van der Waals surface area contributed by atoms with Crippen LogP contribution in [0.1, 0.15) is 55.8 Å². The van der Waals surface area contributed by atoms with E-state index in [1.807, 2.05) is 6.92 Å². The lowest BCUT2D eigenvalue weighted by atomic mass is 9.91. The summed E-state index contributed by atoms with van der Waals surface area (Å²) >= 11 is 0. The number of benzene rings is 1. The molecule has 25 heavy (non-hydrogen) atoms. The first-order valence-corrected chi connectivity index (χ1v) is 8.56. The van der Waals surface area contributed by atoms with Gasteiger partial charge >= 0.3 is 11.9 Å². The number of carbonyl (C=O) groups excluding carboxylic acids is 2. The van der Waals surface area contributed by atoms with Crippen LogP contribution in [-0.2, 0) is 14.3 Å². The fraction of sp³-hybridized carbons (Fsp3) is 0.421. The zero-order valence-electron chi connectivity index (χ0n) is 14.3. The highest BCUT2D eigenvalue weighted by atomic mass is 16.5. The van der Waals surface area contributed by atoms with Crippen molar-refractivity contribution in [3.05, 3.63) is 41.0 Å². The molecule has 1 aromatic rings. The SMILES string of the molecule is CCCCOC(=O)c1ccc(NC(=O)C2=C(C(=O)O)CCCC2)cc1. The molecule has 0 spiro atoms. The number of carbonyl (C=O) groups is 3. The van der Waals surface area contributed by atoms with E-state index in [1.54, 1.807) is 24.3 Å². The number of hydrogen-bond donors (Lipinski definition) is 2. The lowest BCUT2D eigenvalue weighted by molar-refractivity contribution is -0.133. The van der Waals surface area contributed by atoms with Crippen molar-refractivity contribution in [2.24, 2.45) is 0 Å². The second-order valence-electron chi connectivity index (χ2n) is 5.99. The number of anilines is 1. The lowest BCUT2D eigenvalue weighted by Gasteiger charge is -2.17. The average molecular weight is 345 g/mol. The Morgan fingerprint density at radius 2 is 1.72 bits per heavy atom. The van der Waals surface area contributed by atoms with Gasteiger partial charge in [-0.15, -0.1) is 0 Å². The van der Waals surface area contributed by atoms with Crippen molar-refractivity contribution < 1.29 is 24.2 Å². The van der Waals surface area contributed by atoms with Gasteiger partial charge in [0.15, 0.2) is 0 Å². The molecule has 0 aromatic heterocycles. The maximum atomic E-state index is 12.4. The molecular formula is C19H23NO5. The van der Waals surface area contributed by atoms with Crippen molar-refractivity contribution in [1.29, 1.82) is 0 Å². The predicted octanol–water partition coefficient (Wildman–Crippen LogP) is 3.54. The van der Waals surface area contributed by atoms with Crippen molar-refractivity contribution in [2.45, 2.75) is 45.4 Å². The third-order valence-corrected chi connectivity index (χ3v) is 4.11. The molecule has 6 nitrogen and oxygen atoms in total. The van der Waals surface area contributed by atoms with E-state index < -0.39 is 17.8 Å². The number of rotatable bonds is 7. The Bertz CT molecular complexity index is 676. The molecule has 0 fully saturated rings. The zero-order chi connectivity index (χ0) is 18.2. The van der Waals surface area contributed by atoms with Gasteiger partial charge in [0.2, 0.25) is 0 Å². The molecule has 1 aromatic carbocycles. The van der Waals surface area contributed by atoms with Gasteiger partial charge in [0.05, 0.1) is 12.2 Å². The Kier molecular flexibility index (Phi) is 6.74. The molecule has 2 N–H and O–H groups in total. The molecule has 0 saturated heterocycles.